The number of hydrogen-bond acceptors (Lipinski definition) is 1. The predicted octanol–water partition coefficient (Wildman–Crippen LogP) is 8.67. The summed E-state index contributed by atoms with van der Waals surface area (Å²) in [7, 11) is 4.26. The summed E-state index contributed by atoms with van der Waals surface area (Å²) in [6.07, 6.45) is 0. The Hall–Kier alpha value is -1.43. The molecule has 4 aromatic carbocycles. The monoisotopic (exact) mass is 579 g/mol. The van der Waals surface area contributed by atoms with Gasteiger partial charge in [0, 0.05) is 10.4 Å². The molecule has 0 fully saturated rings. The van der Waals surface area contributed by atoms with Gasteiger partial charge in [-0.3, -0.25) is 0 Å². The molecular formula is C29H31ClPRuS+. The molecule has 0 atom stereocenters. The van der Waals surface area contributed by atoms with E-state index in [0.717, 1.165) is 5.49 Å². The fourth-order valence-corrected chi connectivity index (χ4v) is 7.14. The first kappa shape index (κ1) is 27.8. The molecule has 0 aliphatic carbocycles. The number of benzene rings is 4. The normalized spacial score (nSPS) is 10.2. The Morgan fingerprint density at radius 1 is 0.667 bits per heavy atom. The molecule has 0 saturated heterocycles. The molecule has 0 amide bonds. The summed E-state index contributed by atoms with van der Waals surface area (Å²) in [6.45, 7) is 6.54. The summed E-state index contributed by atoms with van der Waals surface area (Å²) in [5, 5.41) is 2.89. The van der Waals surface area contributed by atoms with Gasteiger partial charge in [0.05, 0.1) is 0 Å². The smallest absolute Gasteiger partial charge is 0.0264 e. The van der Waals surface area contributed by atoms with Gasteiger partial charge >= 0.3 is 27.0 Å². The van der Waals surface area contributed by atoms with Crippen molar-refractivity contribution in [2.45, 2.75) is 31.6 Å². The Labute approximate surface area is 219 Å². The van der Waals surface area contributed by atoms with Crippen LogP contribution in [0.3, 0.4) is 0 Å². The van der Waals surface area contributed by atoms with Gasteiger partial charge in [-0.25, -0.2) is 0 Å². The van der Waals surface area contributed by atoms with Crippen LogP contribution in [0.5, 0.6) is 0 Å². The average molecular weight is 579 g/mol. The Bertz CT molecular complexity index is 970. The van der Waals surface area contributed by atoms with Crippen LogP contribution in [0.15, 0.2) is 120 Å². The van der Waals surface area contributed by atoms with Crippen molar-refractivity contribution >= 4 is 40.0 Å². The van der Waals surface area contributed by atoms with E-state index in [1.54, 1.807) is 0 Å². The zero-order valence-corrected chi connectivity index (χ0v) is 23.5. The van der Waals surface area contributed by atoms with Crippen LogP contribution in [0.2, 0.25) is 0 Å². The van der Waals surface area contributed by atoms with Crippen LogP contribution in [0, 0.1) is 6.92 Å². The van der Waals surface area contributed by atoms with Crippen LogP contribution in [0.25, 0.3) is 0 Å². The van der Waals surface area contributed by atoms with E-state index in [0.29, 0.717) is 5.92 Å². The van der Waals surface area contributed by atoms with E-state index in [-0.39, 0.29) is 7.92 Å². The molecule has 0 aromatic heterocycles. The molecule has 0 bridgehead atoms. The SMILES string of the molecule is Cc1ccc(C(C)C)cc1.[Cl][Ru+].c1ccc(SCP(c2ccccc2)c2ccccc2)cc1. The average Bonchev–Trinajstić information content (AvgIpc) is 2.88. The second-order valence-corrected chi connectivity index (χ2v) is 11.4. The van der Waals surface area contributed by atoms with Crippen molar-refractivity contribution < 1.29 is 17.3 Å². The van der Waals surface area contributed by atoms with Crippen molar-refractivity contribution in [1.29, 1.82) is 0 Å². The maximum atomic E-state index is 4.57. The van der Waals surface area contributed by atoms with Crippen molar-refractivity contribution in [1.82, 2.24) is 0 Å². The van der Waals surface area contributed by atoms with E-state index in [1.165, 1.54) is 26.6 Å². The second kappa shape index (κ2) is 16.2. The summed E-state index contributed by atoms with van der Waals surface area (Å²) >= 11 is 3.77. The van der Waals surface area contributed by atoms with Gasteiger partial charge in [-0.05, 0) is 49.1 Å². The molecular weight excluding hydrogens is 548 g/mol. The molecule has 0 N–H and O–H groups in total. The molecule has 4 heteroatoms. The second-order valence-electron chi connectivity index (χ2n) is 7.75. The van der Waals surface area contributed by atoms with Crippen molar-refractivity contribution in [3.8, 4) is 0 Å². The van der Waals surface area contributed by atoms with Gasteiger partial charge in [-0.15, -0.1) is 11.8 Å². The summed E-state index contributed by atoms with van der Waals surface area (Å²) in [5.74, 6) is 0.653. The molecule has 0 saturated carbocycles. The van der Waals surface area contributed by atoms with Crippen molar-refractivity contribution in [3.05, 3.63) is 126 Å². The zero-order chi connectivity index (χ0) is 23.9. The largest absolute Gasteiger partial charge is 0.121 e. The van der Waals surface area contributed by atoms with Gasteiger partial charge in [0.2, 0.25) is 0 Å². The maximum Gasteiger partial charge on any atom is 0.0264 e. The fraction of sp³-hybridized carbons (Fsp3) is 0.172. The van der Waals surface area contributed by atoms with E-state index >= 15 is 0 Å². The van der Waals surface area contributed by atoms with Crippen LogP contribution in [-0.4, -0.2) is 5.49 Å². The van der Waals surface area contributed by atoms with Gasteiger partial charge in [-0.1, -0.05) is 123 Å². The van der Waals surface area contributed by atoms with Gasteiger partial charge in [-0.2, -0.15) is 0 Å². The van der Waals surface area contributed by atoms with E-state index < -0.39 is 0 Å². The Morgan fingerprint density at radius 3 is 1.52 bits per heavy atom. The zero-order valence-electron chi connectivity index (χ0n) is 19.3. The Kier molecular flexibility index (Phi) is 13.7. The summed E-state index contributed by atoms with van der Waals surface area (Å²) in [5.41, 5.74) is 3.88. The minimum absolute atomic E-state index is 0.312. The molecule has 4 rings (SSSR count). The Morgan fingerprint density at radius 2 is 1.09 bits per heavy atom. The van der Waals surface area contributed by atoms with Gasteiger partial charge in [0.25, 0.3) is 0 Å². The van der Waals surface area contributed by atoms with Gasteiger partial charge in [0.1, 0.15) is 0 Å². The number of thioether (sulfide) groups is 1. The molecule has 0 heterocycles. The van der Waals surface area contributed by atoms with E-state index in [1.807, 2.05) is 29.1 Å². The molecule has 33 heavy (non-hydrogen) atoms. The molecule has 4 aromatic rings. The third-order valence-corrected chi connectivity index (χ3v) is 8.98. The van der Waals surface area contributed by atoms with Crippen molar-refractivity contribution in [3.63, 3.8) is 0 Å². The molecule has 0 radical (unpaired) electrons. The van der Waals surface area contributed by atoms with Crippen LogP contribution in [-0.2, 0) is 17.3 Å². The summed E-state index contributed by atoms with van der Waals surface area (Å²) in [6, 6.07) is 41.1. The minimum atomic E-state index is -0.312. The van der Waals surface area contributed by atoms with E-state index in [4.69, 9.17) is 0 Å². The number of halogens is 1. The minimum Gasteiger partial charge on any atom is -0.121 e. The molecule has 0 aliphatic rings. The molecule has 0 nitrogen and oxygen atoms in total. The molecule has 0 unspecified atom stereocenters. The number of aryl methyl sites for hydroxylation is 1. The first-order valence-electron chi connectivity index (χ1n) is 10.9. The number of hydrogen-bond donors (Lipinski definition) is 0. The van der Waals surface area contributed by atoms with Gasteiger partial charge in [0.15, 0.2) is 0 Å². The fourth-order valence-electron chi connectivity index (χ4n) is 3.12. The predicted molar refractivity (Wildman–Crippen MR) is 147 cm³/mol. The van der Waals surface area contributed by atoms with Crippen molar-refractivity contribution in [2.24, 2.45) is 0 Å². The third-order valence-electron chi connectivity index (χ3n) is 4.98. The molecule has 172 valence electrons. The van der Waals surface area contributed by atoms with Gasteiger partial charge < -0.3 is 0 Å². The first-order valence-corrected chi connectivity index (χ1v) is 15.6. The number of rotatable bonds is 6. The topological polar surface area (TPSA) is 0 Å². The van der Waals surface area contributed by atoms with E-state index in [9.17, 15) is 0 Å². The van der Waals surface area contributed by atoms with Crippen LogP contribution < -0.4 is 10.6 Å². The molecule has 0 aliphatic heterocycles. The first-order chi connectivity index (χ1) is 16.1. The van der Waals surface area contributed by atoms with Crippen LogP contribution in [0.4, 0.5) is 0 Å². The summed E-state index contributed by atoms with van der Waals surface area (Å²) < 4.78 is 0. The standard InChI is InChI=1S/C19H17PS.C10H14.ClH.Ru/c1-4-10-17(11-5-1)20(18-12-6-2-7-13-18)16-21-19-14-8-3-9-15-19;1-8(2)10-6-4-9(3)5-7-10;;/h1-15H,16H2;4-8H,1-3H3;1H;/q;;;+2/p-1. The quantitative estimate of drug-likeness (QED) is 0.125. The van der Waals surface area contributed by atoms with E-state index in [2.05, 4.69) is 146 Å². The third kappa shape index (κ3) is 10.2. The van der Waals surface area contributed by atoms with Crippen molar-refractivity contribution in [2.75, 3.05) is 5.49 Å². The van der Waals surface area contributed by atoms with Crippen LogP contribution in [0.1, 0.15) is 30.9 Å². The maximum absolute atomic E-state index is 4.57. The summed E-state index contributed by atoms with van der Waals surface area (Å²) in [4.78, 5) is 1.34. The van der Waals surface area contributed by atoms with Crippen LogP contribution >= 0.6 is 29.4 Å². The Balaban J connectivity index is 0.000000270. The molecule has 0 spiro atoms.